The zero-order valence-corrected chi connectivity index (χ0v) is 12.1. The molecule has 2 atom stereocenters. The molecule has 17 heavy (non-hydrogen) atoms. The molecule has 2 unspecified atom stereocenters. The van der Waals surface area contributed by atoms with Crippen molar-refractivity contribution < 1.29 is 4.79 Å². The summed E-state index contributed by atoms with van der Waals surface area (Å²) in [4.78, 5) is 12.4. The molecule has 4 heteroatoms. The van der Waals surface area contributed by atoms with E-state index in [9.17, 15) is 4.79 Å². The van der Waals surface area contributed by atoms with E-state index in [1.807, 2.05) is 23.9 Å². The van der Waals surface area contributed by atoms with E-state index in [-0.39, 0.29) is 11.0 Å². The van der Waals surface area contributed by atoms with Crippen molar-refractivity contribution in [3.05, 3.63) is 34.9 Å². The highest BCUT2D eigenvalue weighted by Crippen LogP contribution is 2.35. The van der Waals surface area contributed by atoms with Crippen LogP contribution >= 0.6 is 35.1 Å². The molecule has 1 saturated heterocycles. The Morgan fingerprint density at radius 3 is 2.59 bits per heavy atom. The van der Waals surface area contributed by atoms with Crippen LogP contribution in [0.25, 0.3) is 0 Å². The Bertz CT molecular complexity index is 391. The van der Waals surface area contributed by atoms with E-state index in [2.05, 4.69) is 6.92 Å². The van der Waals surface area contributed by atoms with Gasteiger partial charge in [-0.15, -0.1) is 11.8 Å². The molecule has 1 fully saturated rings. The lowest BCUT2D eigenvalue weighted by atomic mass is 10.1. The van der Waals surface area contributed by atoms with Crippen molar-refractivity contribution >= 4 is 40.9 Å². The molecular weight excluding hydrogens is 272 g/mol. The summed E-state index contributed by atoms with van der Waals surface area (Å²) >= 11 is 9.57. The Kier molecular flexibility index (Phi) is 4.83. The zero-order valence-electron chi connectivity index (χ0n) is 9.69. The van der Waals surface area contributed by atoms with Crippen LogP contribution in [0, 0.1) is 0 Å². The summed E-state index contributed by atoms with van der Waals surface area (Å²) in [5.74, 6) is 2.49. The number of carbonyl (C=O) groups excluding carboxylic acids is 1. The van der Waals surface area contributed by atoms with Crippen LogP contribution in [-0.4, -0.2) is 27.8 Å². The molecule has 0 aliphatic carbocycles. The molecule has 1 aliphatic rings. The lowest BCUT2D eigenvalue weighted by Gasteiger charge is -2.28. The predicted octanol–water partition coefficient (Wildman–Crippen LogP) is 4.15. The van der Waals surface area contributed by atoms with Crippen LogP contribution in [-0.2, 0) is 0 Å². The summed E-state index contributed by atoms with van der Waals surface area (Å²) in [6.07, 6.45) is 1.06. The third-order valence-corrected chi connectivity index (χ3v) is 6.34. The molecule has 0 bridgehead atoms. The van der Waals surface area contributed by atoms with Crippen LogP contribution < -0.4 is 0 Å². The third-order valence-electron chi connectivity index (χ3n) is 2.84. The minimum Gasteiger partial charge on any atom is -0.293 e. The average Bonchev–Trinajstić information content (AvgIpc) is 2.39. The van der Waals surface area contributed by atoms with Gasteiger partial charge in [0.05, 0.1) is 5.25 Å². The van der Waals surface area contributed by atoms with Crippen molar-refractivity contribution in [3.63, 3.8) is 0 Å². The molecule has 2 rings (SSSR count). The largest absolute Gasteiger partial charge is 0.293 e. The Hall–Kier alpha value is -0.120. The molecule has 0 N–H and O–H groups in total. The normalized spacial score (nSPS) is 24.6. The van der Waals surface area contributed by atoms with Gasteiger partial charge < -0.3 is 0 Å². The van der Waals surface area contributed by atoms with Crippen LogP contribution in [0.5, 0.6) is 0 Å². The Morgan fingerprint density at radius 2 is 1.94 bits per heavy atom. The van der Waals surface area contributed by atoms with Crippen molar-refractivity contribution in [2.24, 2.45) is 0 Å². The van der Waals surface area contributed by atoms with Crippen molar-refractivity contribution in [2.45, 2.75) is 23.8 Å². The van der Waals surface area contributed by atoms with Crippen LogP contribution in [0.15, 0.2) is 24.3 Å². The molecule has 92 valence electrons. The highest BCUT2D eigenvalue weighted by atomic mass is 35.5. The Balaban J connectivity index is 2.15. The predicted molar refractivity (Wildman–Crippen MR) is 78.6 cm³/mol. The van der Waals surface area contributed by atoms with Gasteiger partial charge in [0.2, 0.25) is 0 Å². The number of hydrogen-bond acceptors (Lipinski definition) is 3. The van der Waals surface area contributed by atoms with Gasteiger partial charge in [-0.3, -0.25) is 4.79 Å². The van der Waals surface area contributed by atoms with E-state index < -0.39 is 0 Å². The first-order chi connectivity index (χ1) is 8.22. The summed E-state index contributed by atoms with van der Waals surface area (Å²) in [6.45, 7) is 2.16. The second-order valence-corrected chi connectivity index (χ2v) is 7.01. The topological polar surface area (TPSA) is 17.1 Å². The van der Waals surface area contributed by atoms with E-state index in [1.165, 1.54) is 0 Å². The van der Waals surface area contributed by atoms with Gasteiger partial charge in [-0.1, -0.05) is 18.5 Å². The van der Waals surface area contributed by atoms with Crippen LogP contribution in [0.1, 0.15) is 23.7 Å². The summed E-state index contributed by atoms with van der Waals surface area (Å²) in [6, 6.07) is 7.24. The lowest BCUT2D eigenvalue weighted by Crippen LogP contribution is -2.32. The number of carbonyl (C=O) groups is 1. The van der Waals surface area contributed by atoms with Gasteiger partial charge in [-0.05, 0) is 30.7 Å². The third kappa shape index (κ3) is 3.21. The summed E-state index contributed by atoms with van der Waals surface area (Å²) in [5, 5.41) is 1.25. The van der Waals surface area contributed by atoms with Crippen molar-refractivity contribution in [1.82, 2.24) is 0 Å². The Labute approximate surface area is 116 Å². The first-order valence-corrected chi connectivity index (χ1v) is 8.23. The summed E-state index contributed by atoms with van der Waals surface area (Å²) in [7, 11) is 0. The fourth-order valence-electron chi connectivity index (χ4n) is 1.92. The van der Waals surface area contributed by atoms with Gasteiger partial charge in [0.15, 0.2) is 5.78 Å². The van der Waals surface area contributed by atoms with Crippen molar-refractivity contribution in [3.8, 4) is 0 Å². The molecule has 0 spiro atoms. The summed E-state index contributed by atoms with van der Waals surface area (Å²) in [5.41, 5.74) is 0.785. The smallest absolute Gasteiger partial charge is 0.176 e. The molecule has 1 aromatic rings. The van der Waals surface area contributed by atoms with Crippen molar-refractivity contribution in [2.75, 3.05) is 11.5 Å². The fourth-order valence-corrected chi connectivity index (χ4v) is 5.08. The minimum absolute atomic E-state index is 0.111. The van der Waals surface area contributed by atoms with E-state index >= 15 is 0 Å². The molecular formula is C13H15ClOS2. The van der Waals surface area contributed by atoms with Gasteiger partial charge in [0.1, 0.15) is 0 Å². The maximum Gasteiger partial charge on any atom is 0.176 e. The maximum absolute atomic E-state index is 12.4. The van der Waals surface area contributed by atoms with Crippen LogP contribution in [0.2, 0.25) is 5.02 Å². The first kappa shape index (κ1) is 13.3. The highest BCUT2D eigenvalue weighted by Gasteiger charge is 2.31. The highest BCUT2D eigenvalue weighted by molar-refractivity contribution is 8.07. The van der Waals surface area contributed by atoms with E-state index in [0.717, 1.165) is 23.5 Å². The number of thioether (sulfide) groups is 2. The molecule has 1 nitrogen and oxygen atoms in total. The van der Waals surface area contributed by atoms with E-state index in [0.29, 0.717) is 10.3 Å². The van der Waals surface area contributed by atoms with E-state index in [4.69, 9.17) is 11.6 Å². The second-order valence-electron chi connectivity index (χ2n) is 3.98. The molecule has 1 heterocycles. The molecule has 0 radical (unpaired) electrons. The van der Waals surface area contributed by atoms with Gasteiger partial charge >= 0.3 is 0 Å². The van der Waals surface area contributed by atoms with Crippen LogP contribution in [0.3, 0.4) is 0 Å². The fraction of sp³-hybridized carbons (Fsp3) is 0.462. The van der Waals surface area contributed by atoms with E-state index in [1.54, 1.807) is 23.9 Å². The van der Waals surface area contributed by atoms with Gasteiger partial charge in [-0.25, -0.2) is 0 Å². The number of halogens is 1. The number of rotatable bonds is 3. The number of hydrogen-bond donors (Lipinski definition) is 0. The standard InChI is InChI=1S/C13H15ClOS2/c1-2-11-13(17-8-7-16-11)12(15)9-3-5-10(14)6-4-9/h3-6,11,13H,2,7-8H2,1H3. The van der Waals surface area contributed by atoms with Crippen molar-refractivity contribution in [1.29, 1.82) is 0 Å². The Morgan fingerprint density at radius 1 is 1.29 bits per heavy atom. The average molecular weight is 287 g/mol. The lowest BCUT2D eigenvalue weighted by molar-refractivity contribution is 0.0988. The summed E-state index contributed by atoms with van der Waals surface area (Å²) < 4.78 is 0. The number of Topliss-reactive ketones (excluding diaryl/α,β-unsaturated/α-hetero) is 1. The number of ketones is 1. The molecule has 1 aromatic carbocycles. The monoisotopic (exact) mass is 286 g/mol. The molecule has 1 aliphatic heterocycles. The maximum atomic E-state index is 12.4. The second kappa shape index (κ2) is 6.17. The molecule has 0 aromatic heterocycles. The van der Waals surface area contributed by atoms with Gasteiger partial charge in [0, 0.05) is 27.3 Å². The zero-order chi connectivity index (χ0) is 12.3. The van der Waals surface area contributed by atoms with Gasteiger partial charge in [0.25, 0.3) is 0 Å². The van der Waals surface area contributed by atoms with Crippen LogP contribution in [0.4, 0.5) is 0 Å². The minimum atomic E-state index is 0.111. The molecule has 0 amide bonds. The SMILES string of the molecule is CCC1SCCSC1C(=O)c1ccc(Cl)cc1. The number of benzene rings is 1. The quantitative estimate of drug-likeness (QED) is 0.777. The first-order valence-electron chi connectivity index (χ1n) is 5.75. The van der Waals surface area contributed by atoms with Gasteiger partial charge in [-0.2, -0.15) is 11.8 Å². The molecule has 0 saturated carbocycles.